The van der Waals surface area contributed by atoms with E-state index in [-0.39, 0.29) is 18.1 Å². The number of nitrogens with two attached hydrogens (primary N) is 1. The van der Waals surface area contributed by atoms with E-state index in [9.17, 15) is 14.9 Å². The number of Topliss-reactive ketones (excluding diaryl/α,β-unsaturated/α-hetero) is 1. The molecule has 7 heterocycles. The Balaban J connectivity index is 1.08. The van der Waals surface area contributed by atoms with Crippen LogP contribution in [0.4, 0.5) is 10.6 Å². The number of ketones is 1. The third kappa shape index (κ3) is 5.49. The molecule has 50 heavy (non-hydrogen) atoms. The molecule has 8 rings (SSSR count). The van der Waals surface area contributed by atoms with E-state index in [0.717, 1.165) is 46.5 Å². The van der Waals surface area contributed by atoms with Gasteiger partial charge in [0.25, 0.3) is 0 Å². The molecular formula is C36H36N10O4. The maximum atomic E-state index is 12.1. The van der Waals surface area contributed by atoms with Gasteiger partial charge in [-0.1, -0.05) is 6.07 Å². The summed E-state index contributed by atoms with van der Waals surface area (Å²) in [5.74, 6) is 1.61. The summed E-state index contributed by atoms with van der Waals surface area (Å²) in [4.78, 5) is 37.5. The number of ether oxygens (including phenoxy) is 2. The maximum Gasteiger partial charge on any atom is 0.405 e. The van der Waals surface area contributed by atoms with Gasteiger partial charge in [-0.3, -0.25) is 14.4 Å². The van der Waals surface area contributed by atoms with E-state index in [1.165, 1.54) is 0 Å². The zero-order chi connectivity index (χ0) is 34.6. The lowest BCUT2D eigenvalue weighted by atomic mass is 9.86. The lowest BCUT2D eigenvalue weighted by molar-refractivity contribution is -0.120. The molecule has 1 amide bonds. The molecule has 1 aliphatic carbocycles. The Labute approximate surface area is 288 Å². The normalized spacial score (nSPS) is 22.3. The van der Waals surface area contributed by atoms with E-state index >= 15 is 0 Å². The van der Waals surface area contributed by atoms with Crippen LogP contribution in [0.3, 0.4) is 0 Å². The number of carbonyl (C=O) groups is 2. The van der Waals surface area contributed by atoms with E-state index in [1.54, 1.807) is 30.2 Å². The van der Waals surface area contributed by atoms with Crippen LogP contribution >= 0.6 is 0 Å². The van der Waals surface area contributed by atoms with Crippen LogP contribution < -0.4 is 15.4 Å². The largest absolute Gasteiger partial charge is 0.481 e. The Morgan fingerprint density at radius 3 is 2.58 bits per heavy atom. The van der Waals surface area contributed by atoms with E-state index in [4.69, 9.17) is 20.2 Å². The fourth-order valence-electron chi connectivity index (χ4n) is 7.91. The van der Waals surface area contributed by atoms with Crippen LogP contribution in [-0.2, 0) is 16.1 Å². The highest BCUT2D eigenvalue weighted by molar-refractivity contribution is 5.87. The number of aromatic nitrogens is 6. The molecule has 0 bridgehead atoms. The lowest BCUT2D eigenvalue weighted by Crippen LogP contribution is -2.68. The minimum atomic E-state index is -0.855. The van der Waals surface area contributed by atoms with Crippen molar-refractivity contribution in [2.75, 3.05) is 25.1 Å². The minimum Gasteiger partial charge on any atom is -0.481 e. The first-order valence-corrected chi connectivity index (χ1v) is 16.6. The average molecular weight is 673 g/mol. The Hall–Kier alpha value is -5.81. The van der Waals surface area contributed by atoms with Crippen molar-refractivity contribution in [3.63, 3.8) is 0 Å². The second kappa shape index (κ2) is 12.3. The Morgan fingerprint density at radius 1 is 1.04 bits per heavy atom. The smallest absolute Gasteiger partial charge is 0.405 e. The summed E-state index contributed by atoms with van der Waals surface area (Å²) in [5, 5.41) is 19.0. The molecule has 3 atom stereocenters. The number of likely N-dealkylation sites (tertiary alicyclic amines) is 1. The quantitative estimate of drug-likeness (QED) is 0.251. The van der Waals surface area contributed by atoms with Crippen molar-refractivity contribution < 1.29 is 19.1 Å². The van der Waals surface area contributed by atoms with Gasteiger partial charge in [-0.25, -0.2) is 19.3 Å². The monoisotopic (exact) mass is 672 g/mol. The summed E-state index contributed by atoms with van der Waals surface area (Å²) in [6.07, 6.45) is 12.9. The fourth-order valence-corrected chi connectivity index (χ4v) is 7.91. The number of fused-ring (bicyclic) bond motifs is 2. The van der Waals surface area contributed by atoms with Crippen molar-refractivity contribution in [2.24, 2.45) is 5.73 Å². The molecule has 1 unspecified atom stereocenters. The van der Waals surface area contributed by atoms with Gasteiger partial charge in [0.2, 0.25) is 5.88 Å². The Kier molecular flexibility index (Phi) is 7.71. The summed E-state index contributed by atoms with van der Waals surface area (Å²) in [7, 11) is 1.59. The zero-order valence-electron chi connectivity index (χ0n) is 27.8. The molecule has 254 valence electrons. The standard InChI is InChI=1S/C36H36N10O4/c1-36(50-35(38)48)21-43(17-22-3-10-32(49-2)40-13-22)30-20-44(34(30)36)31-9-4-23(14-39-31)29-11-24(18-46-33(29)25(12-37)15-42-46)26-16-41-45(19-26)27-5-7-28(47)8-6-27/h3-4,9-11,13-16,18-19,27,30,34H,5-8,17,20-21H2,1-2H3,(H2,38,48)/t30-,34+,36?/m0/s1. The lowest BCUT2D eigenvalue weighted by Gasteiger charge is -2.50. The molecule has 1 saturated carbocycles. The third-order valence-electron chi connectivity index (χ3n) is 10.3. The summed E-state index contributed by atoms with van der Waals surface area (Å²) in [5.41, 5.74) is 10.3. The molecule has 2 aliphatic heterocycles. The van der Waals surface area contributed by atoms with Crippen LogP contribution in [0.2, 0.25) is 0 Å². The van der Waals surface area contributed by atoms with E-state index in [0.29, 0.717) is 55.2 Å². The maximum absolute atomic E-state index is 12.1. The molecule has 0 radical (unpaired) electrons. The van der Waals surface area contributed by atoms with Crippen LogP contribution in [0.15, 0.2) is 67.5 Å². The van der Waals surface area contributed by atoms with Gasteiger partial charge in [-0.05, 0) is 43.5 Å². The van der Waals surface area contributed by atoms with Gasteiger partial charge in [0, 0.05) is 85.6 Å². The summed E-state index contributed by atoms with van der Waals surface area (Å²) >= 11 is 0. The Bertz CT molecular complexity index is 2130. The summed E-state index contributed by atoms with van der Waals surface area (Å²) < 4.78 is 14.7. The second-order valence-corrected chi connectivity index (χ2v) is 13.5. The van der Waals surface area contributed by atoms with Crippen LogP contribution in [-0.4, -0.2) is 84.0 Å². The molecule has 14 nitrogen and oxygen atoms in total. The second-order valence-electron chi connectivity index (χ2n) is 13.5. The van der Waals surface area contributed by atoms with Crippen molar-refractivity contribution in [2.45, 2.75) is 62.9 Å². The first kappa shape index (κ1) is 31.5. The van der Waals surface area contributed by atoms with Crippen LogP contribution in [0, 0.1) is 11.3 Å². The van der Waals surface area contributed by atoms with Gasteiger partial charge >= 0.3 is 6.09 Å². The minimum absolute atomic E-state index is 0.110. The van der Waals surface area contributed by atoms with Gasteiger partial charge in [-0.2, -0.15) is 15.5 Å². The number of carbonyl (C=O) groups excluding carboxylic acids is 2. The van der Waals surface area contributed by atoms with Crippen molar-refractivity contribution in [1.29, 1.82) is 5.26 Å². The molecule has 14 heteroatoms. The summed E-state index contributed by atoms with van der Waals surface area (Å²) in [6.45, 7) is 3.75. The van der Waals surface area contributed by atoms with Crippen LogP contribution in [0.5, 0.6) is 5.88 Å². The first-order valence-electron chi connectivity index (χ1n) is 16.6. The number of methoxy groups -OCH3 is 1. The highest BCUT2D eigenvalue weighted by Crippen LogP contribution is 2.44. The summed E-state index contributed by atoms with van der Waals surface area (Å²) in [6, 6.07) is 12.2. The molecule has 3 aliphatic rings. The van der Waals surface area contributed by atoms with E-state index in [2.05, 4.69) is 31.1 Å². The SMILES string of the molecule is COc1ccc(CN2CC(C)(OC(N)=O)[C@H]3[C@@H]2CN3c2ccc(-c3cc(-c4cnn(C5CCC(=O)CC5)c4)cn4ncc(C#N)c34)cn2)cn1. The highest BCUT2D eigenvalue weighted by Gasteiger charge is 2.61. The number of amides is 1. The molecule has 2 saturated heterocycles. The number of nitriles is 1. The molecule has 0 spiro atoms. The third-order valence-corrected chi connectivity index (χ3v) is 10.3. The molecule has 0 aromatic carbocycles. The Morgan fingerprint density at radius 2 is 1.88 bits per heavy atom. The number of hydrogen-bond acceptors (Lipinski definition) is 11. The molecule has 5 aromatic heterocycles. The fraction of sp³-hybridized carbons (Fsp3) is 0.361. The van der Waals surface area contributed by atoms with Gasteiger partial charge < -0.3 is 20.1 Å². The van der Waals surface area contributed by atoms with Crippen molar-refractivity contribution >= 4 is 23.2 Å². The van der Waals surface area contributed by atoms with Gasteiger partial charge in [0.05, 0.1) is 48.7 Å². The predicted octanol–water partition coefficient (Wildman–Crippen LogP) is 4.15. The van der Waals surface area contributed by atoms with Crippen LogP contribution in [0.1, 0.15) is 49.8 Å². The van der Waals surface area contributed by atoms with E-state index < -0.39 is 11.7 Å². The van der Waals surface area contributed by atoms with Gasteiger partial charge in [0.1, 0.15) is 23.3 Å². The van der Waals surface area contributed by atoms with Crippen molar-refractivity contribution in [3.05, 3.63) is 78.6 Å². The topological polar surface area (TPSA) is 170 Å². The van der Waals surface area contributed by atoms with E-state index in [1.807, 2.05) is 60.5 Å². The number of pyridine rings is 3. The molecular weight excluding hydrogens is 636 g/mol. The molecule has 5 aromatic rings. The molecule has 2 N–H and O–H groups in total. The zero-order valence-corrected chi connectivity index (χ0v) is 27.8. The number of nitrogens with zero attached hydrogens (tertiary/aromatic N) is 9. The highest BCUT2D eigenvalue weighted by atomic mass is 16.6. The van der Waals surface area contributed by atoms with Crippen molar-refractivity contribution in [3.8, 4) is 34.2 Å². The van der Waals surface area contributed by atoms with Crippen LogP contribution in [0.25, 0.3) is 27.8 Å². The first-order chi connectivity index (χ1) is 24.2. The van der Waals surface area contributed by atoms with Gasteiger partial charge in [-0.15, -0.1) is 0 Å². The number of rotatable bonds is 8. The average Bonchev–Trinajstić information content (AvgIpc) is 3.80. The number of primary amides is 1. The molecule has 3 fully saturated rings. The number of hydrogen-bond donors (Lipinski definition) is 1. The predicted molar refractivity (Wildman–Crippen MR) is 182 cm³/mol. The van der Waals surface area contributed by atoms with Crippen molar-refractivity contribution in [1.82, 2.24) is 34.3 Å². The number of anilines is 1. The van der Waals surface area contributed by atoms with Gasteiger partial charge in [0.15, 0.2) is 0 Å².